The van der Waals surface area contributed by atoms with Crippen molar-refractivity contribution in [2.75, 3.05) is 6.61 Å². The van der Waals surface area contributed by atoms with Crippen molar-refractivity contribution in [3.63, 3.8) is 0 Å². The summed E-state index contributed by atoms with van der Waals surface area (Å²) < 4.78 is 12.5. The van der Waals surface area contributed by atoms with Crippen LogP contribution in [0.4, 0.5) is 0 Å². The third kappa shape index (κ3) is 14.9. The van der Waals surface area contributed by atoms with Gasteiger partial charge in [0.2, 0.25) is 0 Å². The summed E-state index contributed by atoms with van der Waals surface area (Å²) in [6.07, 6.45) is 15.9. The van der Waals surface area contributed by atoms with Gasteiger partial charge in [-0.15, -0.1) is 0 Å². The largest absolute Gasteiger partial charge is 0.410 e. The van der Waals surface area contributed by atoms with Gasteiger partial charge in [0.05, 0.1) is 25.4 Å². The molecule has 7 heteroatoms. The Balaban J connectivity index is 2.67. The predicted molar refractivity (Wildman–Crippen MR) is 162 cm³/mol. The van der Waals surface area contributed by atoms with Crippen LogP contribution in [0.3, 0.4) is 0 Å². The van der Waals surface area contributed by atoms with Gasteiger partial charge in [-0.1, -0.05) is 127 Å². The average Bonchev–Trinajstić information content (AvgIpc) is 2.87. The Morgan fingerprint density at radius 1 is 1.00 bits per heavy atom. The SMILES string of the molecule is CCCCCCCCCCCCC(=O)/C=C/[C@H](O[Si](C)(C)C(C)(C)C)[C@@H](COCc1ccccc1)N=[N+]=[N-]. The highest BCUT2D eigenvalue weighted by Gasteiger charge is 2.40. The van der Waals surface area contributed by atoms with Crippen LogP contribution in [0.25, 0.3) is 10.4 Å². The summed E-state index contributed by atoms with van der Waals surface area (Å²) in [6.45, 7) is 13.7. The number of ether oxygens (including phenoxy) is 1. The molecule has 214 valence electrons. The summed E-state index contributed by atoms with van der Waals surface area (Å²) in [5.74, 6) is 0.0956. The molecule has 0 unspecified atom stereocenters. The molecule has 0 aromatic heterocycles. The zero-order chi connectivity index (χ0) is 28.3. The maximum absolute atomic E-state index is 12.7. The molecule has 0 amide bonds. The second kappa shape index (κ2) is 19.2. The van der Waals surface area contributed by atoms with E-state index in [1.54, 1.807) is 12.2 Å². The number of hydrogen-bond donors (Lipinski definition) is 0. The lowest BCUT2D eigenvalue weighted by Crippen LogP contribution is -2.47. The van der Waals surface area contributed by atoms with Gasteiger partial charge in [-0.05, 0) is 41.7 Å². The van der Waals surface area contributed by atoms with Crippen molar-refractivity contribution in [3.8, 4) is 0 Å². The molecule has 0 N–H and O–H groups in total. The third-order valence-corrected chi connectivity index (χ3v) is 11.9. The van der Waals surface area contributed by atoms with E-state index in [9.17, 15) is 10.3 Å². The lowest BCUT2D eigenvalue weighted by Gasteiger charge is -2.40. The van der Waals surface area contributed by atoms with Crippen LogP contribution in [0.2, 0.25) is 18.1 Å². The van der Waals surface area contributed by atoms with E-state index >= 15 is 0 Å². The van der Waals surface area contributed by atoms with Gasteiger partial charge < -0.3 is 9.16 Å². The molecular weight excluding hydrogens is 490 g/mol. The van der Waals surface area contributed by atoms with E-state index in [4.69, 9.17) is 9.16 Å². The Morgan fingerprint density at radius 3 is 2.13 bits per heavy atom. The van der Waals surface area contributed by atoms with E-state index in [-0.39, 0.29) is 17.4 Å². The number of benzene rings is 1. The zero-order valence-corrected chi connectivity index (χ0v) is 26.0. The first-order valence-electron chi connectivity index (χ1n) is 14.7. The van der Waals surface area contributed by atoms with Crippen molar-refractivity contribution >= 4 is 14.1 Å². The molecule has 1 aromatic carbocycles. The number of allylic oxidation sites excluding steroid dienone is 1. The normalized spacial score (nSPS) is 13.8. The van der Waals surface area contributed by atoms with Gasteiger partial charge in [0.15, 0.2) is 14.1 Å². The number of ketones is 1. The van der Waals surface area contributed by atoms with Crippen LogP contribution in [-0.4, -0.2) is 32.9 Å². The molecule has 2 atom stereocenters. The van der Waals surface area contributed by atoms with Crippen LogP contribution < -0.4 is 0 Å². The van der Waals surface area contributed by atoms with Crippen LogP contribution in [0.1, 0.15) is 104 Å². The molecule has 6 nitrogen and oxygen atoms in total. The number of rotatable bonds is 21. The number of azide groups is 1. The van der Waals surface area contributed by atoms with E-state index in [1.807, 2.05) is 30.3 Å². The predicted octanol–water partition coefficient (Wildman–Crippen LogP) is 9.71. The minimum atomic E-state index is -2.19. The summed E-state index contributed by atoms with van der Waals surface area (Å²) in [7, 11) is -2.19. The Kier molecular flexibility index (Phi) is 17.2. The van der Waals surface area contributed by atoms with Gasteiger partial charge in [-0.3, -0.25) is 4.79 Å². The first kappa shape index (κ1) is 34.1. The van der Waals surface area contributed by atoms with Crippen LogP contribution in [-0.2, 0) is 20.6 Å². The van der Waals surface area contributed by atoms with Gasteiger partial charge in [0.25, 0.3) is 0 Å². The Hall–Kier alpha value is -1.92. The van der Waals surface area contributed by atoms with E-state index in [1.165, 1.54) is 51.4 Å². The van der Waals surface area contributed by atoms with Gasteiger partial charge in [0, 0.05) is 11.3 Å². The van der Waals surface area contributed by atoms with Crippen molar-refractivity contribution in [2.45, 2.75) is 135 Å². The number of hydrogen-bond acceptors (Lipinski definition) is 4. The highest BCUT2D eigenvalue weighted by atomic mass is 28.4. The molecule has 1 rings (SSSR count). The second-order valence-electron chi connectivity index (χ2n) is 11.9. The number of unbranched alkanes of at least 4 members (excludes halogenated alkanes) is 9. The molecule has 0 radical (unpaired) electrons. The Bertz CT molecular complexity index is 846. The summed E-state index contributed by atoms with van der Waals surface area (Å²) in [6, 6.07) is 9.34. The Morgan fingerprint density at radius 2 is 1.58 bits per heavy atom. The summed E-state index contributed by atoms with van der Waals surface area (Å²) in [5.41, 5.74) is 10.3. The van der Waals surface area contributed by atoms with Crippen LogP contribution in [0, 0.1) is 0 Å². The molecule has 0 aliphatic rings. The van der Waals surface area contributed by atoms with Crippen molar-refractivity contribution in [2.24, 2.45) is 5.11 Å². The minimum Gasteiger partial charge on any atom is -0.410 e. The monoisotopic (exact) mass is 543 g/mol. The summed E-state index contributed by atoms with van der Waals surface area (Å²) in [5, 5.41) is 3.99. The average molecular weight is 544 g/mol. The summed E-state index contributed by atoms with van der Waals surface area (Å²) in [4.78, 5) is 15.7. The molecule has 0 aliphatic carbocycles. The molecular formula is C31H53N3O3Si. The van der Waals surface area contributed by atoms with Crippen molar-refractivity contribution in [1.29, 1.82) is 0 Å². The molecule has 0 saturated heterocycles. The lowest BCUT2D eigenvalue weighted by atomic mass is 10.0. The fraction of sp³-hybridized carbons (Fsp3) is 0.710. The Labute approximate surface area is 233 Å². The molecule has 1 aromatic rings. The van der Waals surface area contributed by atoms with E-state index in [0.717, 1.165) is 18.4 Å². The molecule has 0 bridgehead atoms. The fourth-order valence-electron chi connectivity index (χ4n) is 3.97. The van der Waals surface area contributed by atoms with E-state index < -0.39 is 20.5 Å². The highest BCUT2D eigenvalue weighted by Crippen LogP contribution is 2.38. The fourth-order valence-corrected chi connectivity index (χ4v) is 5.24. The van der Waals surface area contributed by atoms with Gasteiger partial charge in [-0.2, -0.15) is 0 Å². The molecule has 38 heavy (non-hydrogen) atoms. The number of carbonyl (C=O) groups is 1. The molecule has 0 aliphatic heterocycles. The van der Waals surface area contributed by atoms with E-state index in [2.05, 4.69) is 50.8 Å². The topological polar surface area (TPSA) is 84.3 Å². The van der Waals surface area contributed by atoms with Gasteiger partial charge >= 0.3 is 0 Å². The minimum absolute atomic E-state index is 0.0229. The second-order valence-corrected chi connectivity index (χ2v) is 16.6. The smallest absolute Gasteiger partial charge is 0.192 e. The van der Waals surface area contributed by atoms with Crippen molar-refractivity contribution in [3.05, 3.63) is 58.5 Å². The van der Waals surface area contributed by atoms with Crippen LogP contribution in [0.15, 0.2) is 47.6 Å². The molecule has 0 heterocycles. The summed E-state index contributed by atoms with van der Waals surface area (Å²) >= 11 is 0. The van der Waals surface area contributed by atoms with Crippen LogP contribution >= 0.6 is 0 Å². The highest BCUT2D eigenvalue weighted by molar-refractivity contribution is 6.74. The molecule has 0 fully saturated rings. The molecule has 0 spiro atoms. The van der Waals surface area contributed by atoms with Crippen molar-refractivity contribution < 1.29 is 14.0 Å². The van der Waals surface area contributed by atoms with Crippen LogP contribution in [0.5, 0.6) is 0 Å². The quantitative estimate of drug-likeness (QED) is 0.0386. The van der Waals surface area contributed by atoms with E-state index in [0.29, 0.717) is 13.0 Å². The first-order valence-corrected chi connectivity index (χ1v) is 17.6. The van der Waals surface area contributed by atoms with Gasteiger partial charge in [-0.25, -0.2) is 0 Å². The standard InChI is InChI=1S/C31H53N3O3Si/c1-7-8-9-10-11-12-13-14-15-19-22-28(35)23-24-30(37-38(5,6)31(2,3)4)29(33-34-32)26-36-25-27-20-17-16-18-21-27/h16-18,20-21,23-24,29-30H,7-15,19,22,25-26H2,1-6H3/b24-23+/t29-,30+/m1/s1. The van der Waals surface area contributed by atoms with Crippen molar-refractivity contribution in [1.82, 2.24) is 0 Å². The lowest BCUT2D eigenvalue weighted by molar-refractivity contribution is -0.114. The number of nitrogens with zero attached hydrogens (tertiary/aromatic N) is 3. The number of carbonyl (C=O) groups excluding carboxylic acids is 1. The first-order chi connectivity index (χ1) is 18.1. The third-order valence-electron chi connectivity index (χ3n) is 7.46. The van der Waals surface area contributed by atoms with Gasteiger partial charge in [0.1, 0.15) is 0 Å². The maximum Gasteiger partial charge on any atom is 0.192 e. The zero-order valence-electron chi connectivity index (χ0n) is 25.0. The maximum atomic E-state index is 12.7. The molecule has 0 saturated carbocycles.